The number of hydrogen-bond acceptors (Lipinski definition) is 6. The molecular weight excluding hydrogens is 236 g/mol. The monoisotopic (exact) mass is 246 g/mol. The van der Waals surface area contributed by atoms with E-state index in [2.05, 4.69) is 20.1 Å². The van der Waals surface area contributed by atoms with Crippen LogP contribution in [0.2, 0.25) is 0 Å². The van der Waals surface area contributed by atoms with Gasteiger partial charge in [-0.2, -0.15) is 5.10 Å². The van der Waals surface area contributed by atoms with Crippen molar-refractivity contribution in [3.63, 3.8) is 0 Å². The minimum absolute atomic E-state index is 0.559. The summed E-state index contributed by atoms with van der Waals surface area (Å²) < 4.78 is 5.74. The van der Waals surface area contributed by atoms with Crippen molar-refractivity contribution in [3.8, 4) is 0 Å². The number of rotatable bonds is 3. The van der Waals surface area contributed by atoms with Crippen LogP contribution in [-0.2, 0) is 6.54 Å². The van der Waals surface area contributed by atoms with E-state index in [0.29, 0.717) is 6.54 Å². The molecule has 0 amide bonds. The van der Waals surface area contributed by atoms with Crippen LogP contribution in [0.5, 0.6) is 0 Å². The Morgan fingerprint density at radius 2 is 2.24 bits per heavy atom. The summed E-state index contributed by atoms with van der Waals surface area (Å²) >= 11 is 1.24. The number of nitrogens with zero attached hydrogens (tertiary/aromatic N) is 4. The molecule has 0 radical (unpaired) electrons. The zero-order valence-electron chi connectivity index (χ0n) is 8.87. The molecule has 1 aromatic carbocycles. The van der Waals surface area contributed by atoms with Crippen LogP contribution >= 0.6 is 11.5 Å². The Morgan fingerprint density at radius 3 is 3.12 bits per heavy atom. The Labute approximate surface area is 101 Å². The number of para-hydroxylation sites is 1. The summed E-state index contributed by atoms with van der Waals surface area (Å²) in [6.45, 7) is 0.559. The van der Waals surface area contributed by atoms with Crippen LogP contribution < -0.4 is 11.3 Å². The first-order valence-electron chi connectivity index (χ1n) is 5.07. The van der Waals surface area contributed by atoms with Gasteiger partial charge in [-0.3, -0.25) is 4.68 Å². The summed E-state index contributed by atoms with van der Waals surface area (Å²) in [5.41, 5.74) is 4.46. The number of nitrogens with one attached hydrogen (secondary N) is 1. The van der Waals surface area contributed by atoms with Crippen molar-refractivity contribution in [3.05, 3.63) is 36.2 Å². The molecule has 2 aromatic heterocycles. The van der Waals surface area contributed by atoms with Gasteiger partial charge in [-0.05, 0) is 6.07 Å². The van der Waals surface area contributed by atoms with Crippen molar-refractivity contribution in [1.82, 2.24) is 19.4 Å². The van der Waals surface area contributed by atoms with Crippen LogP contribution in [0.4, 0.5) is 5.00 Å². The molecule has 0 aliphatic carbocycles. The number of nitrogens with two attached hydrogens (primary N) is 1. The lowest BCUT2D eigenvalue weighted by Crippen LogP contribution is -2.10. The lowest BCUT2D eigenvalue weighted by atomic mass is 10.2. The van der Waals surface area contributed by atoms with Gasteiger partial charge in [-0.15, -0.1) is 5.10 Å². The first kappa shape index (κ1) is 10.2. The fourth-order valence-corrected chi connectivity index (χ4v) is 2.20. The van der Waals surface area contributed by atoms with Gasteiger partial charge in [0.2, 0.25) is 0 Å². The number of hydrogen-bond donors (Lipinski definition) is 2. The van der Waals surface area contributed by atoms with Crippen LogP contribution in [0.15, 0.2) is 30.5 Å². The van der Waals surface area contributed by atoms with Gasteiger partial charge in [0, 0.05) is 16.9 Å². The van der Waals surface area contributed by atoms with E-state index >= 15 is 0 Å². The van der Waals surface area contributed by atoms with Crippen LogP contribution in [0.3, 0.4) is 0 Å². The highest BCUT2D eigenvalue weighted by Crippen LogP contribution is 2.19. The van der Waals surface area contributed by atoms with E-state index in [1.807, 2.05) is 35.1 Å². The third kappa shape index (κ3) is 1.75. The maximum absolute atomic E-state index is 5.39. The summed E-state index contributed by atoms with van der Waals surface area (Å²) in [5, 5.41) is 10.2. The van der Waals surface area contributed by atoms with Crippen LogP contribution in [-0.4, -0.2) is 19.4 Å². The molecule has 3 aromatic rings. The van der Waals surface area contributed by atoms with E-state index < -0.39 is 0 Å². The molecule has 0 unspecified atom stereocenters. The van der Waals surface area contributed by atoms with E-state index in [-0.39, 0.29) is 0 Å². The normalized spacial score (nSPS) is 10.9. The molecule has 0 spiro atoms. The minimum Gasteiger partial charge on any atom is -0.313 e. The second-order valence-corrected chi connectivity index (χ2v) is 4.31. The standard InChI is InChI=1S/C10H10N6S/c11-13-10-8(14-15-17-10)6-16-9-4-2-1-3-7(9)5-12-16/h1-5,13H,6,11H2. The summed E-state index contributed by atoms with van der Waals surface area (Å²) in [5.74, 6) is 5.39. The zero-order chi connectivity index (χ0) is 11.7. The Kier molecular flexibility index (Phi) is 2.46. The molecule has 6 nitrogen and oxygen atoms in total. The first-order valence-corrected chi connectivity index (χ1v) is 5.84. The lowest BCUT2D eigenvalue weighted by Gasteiger charge is -2.02. The van der Waals surface area contributed by atoms with Crippen molar-refractivity contribution < 1.29 is 0 Å². The lowest BCUT2D eigenvalue weighted by molar-refractivity contribution is 0.694. The number of hydrazine groups is 1. The van der Waals surface area contributed by atoms with Gasteiger partial charge in [-0.1, -0.05) is 22.7 Å². The topological polar surface area (TPSA) is 81.6 Å². The predicted molar refractivity (Wildman–Crippen MR) is 66.6 cm³/mol. The van der Waals surface area contributed by atoms with Gasteiger partial charge in [-0.25, -0.2) is 5.84 Å². The molecule has 17 heavy (non-hydrogen) atoms. The molecule has 86 valence electrons. The van der Waals surface area contributed by atoms with E-state index in [0.717, 1.165) is 21.6 Å². The summed E-state index contributed by atoms with van der Waals surface area (Å²) in [6, 6.07) is 8.03. The molecule has 0 aliphatic heterocycles. The first-order chi connectivity index (χ1) is 8.38. The molecule has 3 rings (SSSR count). The molecule has 0 bridgehead atoms. The van der Waals surface area contributed by atoms with E-state index in [1.54, 1.807) is 0 Å². The van der Waals surface area contributed by atoms with Crippen molar-refractivity contribution in [2.24, 2.45) is 5.84 Å². The molecule has 0 saturated carbocycles. The average molecular weight is 246 g/mol. The quantitative estimate of drug-likeness (QED) is 0.536. The highest BCUT2D eigenvalue weighted by molar-refractivity contribution is 7.10. The number of fused-ring (bicyclic) bond motifs is 1. The SMILES string of the molecule is NNc1snnc1Cn1ncc2ccccc21. The van der Waals surface area contributed by atoms with Gasteiger partial charge >= 0.3 is 0 Å². The summed E-state index contributed by atoms with van der Waals surface area (Å²) in [7, 11) is 0. The van der Waals surface area contributed by atoms with Crippen molar-refractivity contribution in [2.45, 2.75) is 6.54 Å². The second-order valence-electron chi connectivity index (χ2n) is 3.55. The summed E-state index contributed by atoms with van der Waals surface area (Å²) in [6.07, 6.45) is 1.84. The fourth-order valence-electron chi connectivity index (χ4n) is 1.72. The van der Waals surface area contributed by atoms with Gasteiger partial charge in [0.15, 0.2) is 0 Å². The van der Waals surface area contributed by atoms with E-state index in [9.17, 15) is 0 Å². The highest BCUT2D eigenvalue weighted by atomic mass is 32.1. The molecule has 0 fully saturated rings. The maximum Gasteiger partial charge on any atom is 0.149 e. The minimum atomic E-state index is 0.559. The van der Waals surface area contributed by atoms with Crippen molar-refractivity contribution in [2.75, 3.05) is 5.43 Å². The molecule has 0 saturated heterocycles. The Balaban J connectivity index is 2.00. The van der Waals surface area contributed by atoms with Gasteiger partial charge in [0.1, 0.15) is 10.7 Å². The number of benzene rings is 1. The Morgan fingerprint density at radius 1 is 1.35 bits per heavy atom. The predicted octanol–water partition coefficient (Wildman–Crippen LogP) is 1.22. The van der Waals surface area contributed by atoms with E-state index in [4.69, 9.17) is 5.84 Å². The molecule has 0 aliphatic rings. The van der Waals surface area contributed by atoms with Crippen LogP contribution in [0, 0.1) is 0 Å². The van der Waals surface area contributed by atoms with Crippen LogP contribution in [0.1, 0.15) is 5.69 Å². The maximum atomic E-state index is 5.39. The largest absolute Gasteiger partial charge is 0.313 e. The third-order valence-corrected chi connectivity index (χ3v) is 3.24. The molecular formula is C10H10N6S. The highest BCUT2D eigenvalue weighted by Gasteiger charge is 2.09. The average Bonchev–Trinajstić information content (AvgIpc) is 2.97. The molecule has 0 atom stereocenters. The third-order valence-electron chi connectivity index (χ3n) is 2.54. The number of nitrogen functional groups attached to an aromatic ring is 1. The zero-order valence-corrected chi connectivity index (χ0v) is 9.68. The second kappa shape index (κ2) is 4.11. The summed E-state index contributed by atoms with van der Waals surface area (Å²) in [4.78, 5) is 0. The molecule has 2 heterocycles. The van der Waals surface area contributed by atoms with Crippen molar-refractivity contribution >= 4 is 27.4 Å². The van der Waals surface area contributed by atoms with Gasteiger partial charge in [0.25, 0.3) is 0 Å². The van der Waals surface area contributed by atoms with Crippen molar-refractivity contribution in [1.29, 1.82) is 0 Å². The smallest absolute Gasteiger partial charge is 0.149 e. The number of anilines is 1. The fraction of sp³-hybridized carbons (Fsp3) is 0.100. The Hall–Kier alpha value is -1.99. The molecule has 7 heteroatoms. The Bertz CT molecular complexity index is 643. The number of aromatic nitrogens is 4. The van der Waals surface area contributed by atoms with Crippen LogP contribution in [0.25, 0.3) is 10.9 Å². The van der Waals surface area contributed by atoms with Gasteiger partial charge in [0.05, 0.1) is 18.3 Å². The van der Waals surface area contributed by atoms with E-state index in [1.165, 1.54) is 11.5 Å². The molecule has 3 N–H and O–H groups in total. The van der Waals surface area contributed by atoms with Gasteiger partial charge < -0.3 is 5.43 Å².